The van der Waals surface area contributed by atoms with Crippen LogP contribution >= 0.6 is 0 Å². The van der Waals surface area contributed by atoms with Crippen LogP contribution < -0.4 is 14.8 Å². The molecule has 9 heteroatoms. The van der Waals surface area contributed by atoms with E-state index in [9.17, 15) is 9.00 Å². The van der Waals surface area contributed by atoms with Crippen LogP contribution in [0.15, 0.2) is 52.9 Å². The Morgan fingerprint density at radius 3 is 2.56 bits per heavy atom. The maximum atomic E-state index is 12.7. The molecule has 3 aromatic rings. The minimum atomic E-state index is -1.39. The van der Waals surface area contributed by atoms with Crippen LogP contribution in [0.3, 0.4) is 0 Å². The molecule has 1 fully saturated rings. The summed E-state index contributed by atoms with van der Waals surface area (Å²) in [6.45, 7) is 5.56. The first-order valence-corrected chi connectivity index (χ1v) is 15.0. The number of nitrogens with one attached hydrogen (secondary N) is 1. The van der Waals surface area contributed by atoms with Crippen molar-refractivity contribution in [2.45, 2.75) is 38.4 Å². The van der Waals surface area contributed by atoms with Gasteiger partial charge in [-0.05, 0) is 81.9 Å². The largest absolute Gasteiger partial charge is 0.493 e. The van der Waals surface area contributed by atoms with Crippen molar-refractivity contribution in [3.63, 3.8) is 0 Å². The number of aryl methyl sites for hydroxylation is 1. The van der Waals surface area contributed by atoms with Gasteiger partial charge >= 0.3 is 0 Å². The lowest BCUT2D eigenvalue weighted by molar-refractivity contribution is -0.118. The molecule has 1 aliphatic rings. The molecule has 1 atom stereocenters. The number of carbonyl (C=O) groups is 1. The van der Waals surface area contributed by atoms with Gasteiger partial charge in [0.1, 0.15) is 11.5 Å². The second-order valence-corrected chi connectivity index (χ2v) is 11.5. The van der Waals surface area contributed by atoms with Crippen LogP contribution in [0, 0.1) is 12.8 Å². The molecule has 2 heterocycles. The van der Waals surface area contributed by atoms with Gasteiger partial charge in [-0.1, -0.05) is 30.3 Å². The van der Waals surface area contributed by atoms with Gasteiger partial charge in [0.2, 0.25) is 11.8 Å². The standard InChI is InChI=1S/C30H39N3O5S/c1-22-26(32-30(38-22)25-10-11-27(36-2)28(19-25)37-3)20-39(35)21-29(34)31-14-7-15-33-16-12-24(13-17-33)18-23-8-5-4-6-9-23/h4-6,8-11,19,24H,7,12-18,20-21H2,1-3H3,(H,31,34)/t39-/m1/s1. The Kier molecular flexibility index (Phi) is 10.6. The molecular weight excluding hydrogens is 514 g/mol. The summed E-state index contributed by atoms with van der Waals surface area (Å²) in [6, 6.07) is 16.1. The van der Waals surface area contributed by atoms with Crippen molar-refractivity contribution in [1.82, 2.24) is 15.2 Å². The molecule has 0 spiro atoms. The summed E-state index contributed by atoms with van der Waals surface area (Å²) in [5.41, 5.74) is 2.74. The summed E-state index contributed by atoms with van der Waals surface area (Å²) in [5, 5.41) is 2.92. The number of nitrogens with zero attached hydrogens (tertiary/aromatic N) is 2. The molecule has 0 saturated carbocycles. The minimum absolute atomic E-state index is 0.0527. The molecule has 8 nitrogen and oxygen atoms in total. The van der Waals surface area contributed by atoms with Crippen molar-refractivity contribution in [1.29, 1.82) is 0 Å². The van der Waals surface area contributed by atoms with Crippen molar-refractivity contribution in [2.75, 3.05) is 46.2 Å². The van der Waals surface area contributed by atoms with E-state index >= 15 is 0 Å². The number of carbonyl (C=O) groups excluding carboxylic acids is 1. The van der Waals surface area contributed by atoms with Crippen molar-refractivity contribution >= 4 is 16.7 Å². The zero-order valence-corrected chi connectivity index (χ0v) is 23.9. The summed E-state index contributed by atoms with van der Waals surface area (Å²) in [4.78, 5) is 19.4. The van der Waals surface area contributed by atoms with Crippen LogP contribution in [0.4, 0.5) is 0 Å². The number of rotatable bonds is 13. The van der Waals surface area contributed by atoms with Crippen LogP contribution in [0.2, 0.25) is 0 Å². The van der Waals surface area contributed by atoms with Crippen molar-refractivity contribution < 1.29 is 22.9 Å². The highest BCUT2D eigenvalue weighted by Gasteiger charge is 2.20. The van der Waals surface area contributed by atoms with Crippen LogP contribution in [0.5, 0.6) is 11.5 Å². The Morgan fingerprint density at radius 2 is 1.85 bits per heavy atom. The Bertz CT molecular complexity index is 1240. The maximum absolute atomic E-state index is 12.7. The molecule has 1 N–H and O–H groups in total. The number of likely N-dealkylation sites (tertiary alicyclic amines) is 1. The number of amides is 1. The van der Waals surface area contributed by atoms with Gasteiger partial charge < -0.3 is 24.1 Å². The van der Waals surface area contributed by atoms with E-state index < -0.39 is 10.8 Å². The summed E-state index contributed by atoms with van der Waals surface area (Å²) < 4.78 is 29.1. The second kappa shape index (κ2) is 14.3. The lowest BCUT2D eigenvalue weighted by Crippen LogP contribution is -2.37. The number of ether oxygens (including phenoxy) is 2. The van der Waals surface area contributed by atoms with Crippen molar-refractivity contribution in [2.24, 2.45) is 5.92 Å². The Balaban J connectivity index is 1.15. The number of aromatic nitrogens is 1. The first-order valence-electron chi connectivity index (χ1n) is 13.5. The molecule has 0 bridgehead atoms. The molecular formula is C30H39N3O5S. The fourth-order valence-electron chi connectivity index (χ4n) is 4.95. The Hall–Kier alpha value is -3.17. The van der Waals surface area contributed by atoms with Crippen molar-refractivity contribution in [3.05, 3.63) is 65.5 Å². The Labute approximate surface area is 233 Å². The molecule has 0 aliphatic carbocycles. The van der Waals surface area contributed by atoms with Crippen LogP contribution in [-0.2, 0) is 27.8 Å². The Morgan fingerprint density at radius 1 is 1.10 bits per heavy atom. The lowest BCUT2D eigenvalue weighted by Gasteiger charge is -2.32. The SMILES string of the molecule is COc1ccc(-c2nc(C[S@@](=O)CC(=O)NCCCN3CCC(Cc4ccccc4)CC3)c(C)o2)cc1OC. The van der Waals surface area contributed by atoms with E-state index in [1.165, 1.54) is 18.4 Å². The van der Waals surface area contributed by atoms with Gasteiger partial charge in [-0.3, -0.25) is 9.00 Å². The summed E-state index contributed by atoms with van der Waals surface area (Å²) in [6.07, 6.45) is 4.48. The van der Waals surface area contributed by atoms with Crippen molar-refractivity contribution in [3.8, 4) is 23.0 Å². The van der Waals surface area contributed by atoms with Gasteiger partial charge in [-0.2, -0.15) is 0 Å². The van der Waals surface area contributed by atoms with E-state index in [1.54, 1.807) is 33.3 Å². The fraction of sp³-hybridized carbons (Fsp3) is 0.467. The number of benzene rings is 2. The summed E-state index contributed by atoms with van der Waals surface area (Å²) in [7, 11) is 1.76. The van der Waals surface area contributed by atoms with Gasteiger partial charge in [0.05, 0.1) is 25.7 Å². The van der Waals surface area contributed by atoms with Crippen LogP contribution in [-0.4, -0.2) is 66.2 Å². The molecule has 1 amide bonds. The van der Waals surface area contributed by atoms with E-state index in [-0.39, 0.29) is 17.4 Å². The molecule has 1 aromatic heterocycles. The van der Waals surface area contributed by atoms with E-state index in [0.717, 1.165) is 44.0 Å². The molecule has 210 valence electrons. The number of oxazole rings is 1. The highest BCUT2D eigenvalue weighted by molar-refractivity contribution is 7.84. The monoisotopic (exact) mass is 553 g/mol. The number of piperidine rings is 1. The molecule has 1 saturated heterocycles. The van der Waals surface area contributed by atoms with Gasteiger partial charge in [-0.15, -0.1) is 0 Å². The second-order valence-electron chi connectivity index (χ2n) is 10.00. The quantitative estimate of drug-likeness (QED) is 0.314. The molecule has 0 radical (unpaired) electrons. The topological polar surface area (TPSA) is 93.9 Å². The molecule has 2 aromatic carbocycles. The third kappa shape index (κ3) is 8.41. The zero-order chi connectivity index (χ0) is 27.6. The van der Waals surface area contributed by atoms with Gasteiger partial charge in [-0.25, -0.2) is 4.98 Å². The normalized spacial score (nSPS) is 15.2. The van der Waals surface area contributed by atoms with Gasteiger partial charge in [0.25, 0.3) is 0 Å². The molecule has 1 aliphatic heterocycles. The lowest BCUT2D eigenvalue weighted by atomic mass is 9.90. The predicted molar refractivity (Wildman–Crippen MR) is 153 cm³/mol. The first kappa shape index (κ1) is 28.8. The third-order valence-corrected chi connectivity index (χ3v) is 8.34. The number of hydrogen-bond acceptors (Lipinski definition) is 7. The highest BCUT2D eigenvalue weighted by Crippen LogP contribution is 2.32. The van der Waals surface area contributed by atoms with E-state index in [1.807, 2.05) is 6.07 Å². The van der Waals surface area contributed by atoms with Crippen LogP contribution in [0.1, 0.15) is 36.3 Å². The summed E-state index contributed by atoms with van der Waals surface area (Å²) in [5.74, 6) is 2.84. The third-order valence-electron chi connectivity index (χ3n) is 7.16. The fourth-order valence-corrected chi connectivity index (χ4v) is 6.02. The molecule has 0 unspecified atom stereocenters. The number of hydrogen-bond donors (Lipinski definition) is 1. The average Bonchev–Trinajstić information content (AvgIpc) is 3.31. The van der Waals surface area contributed by atoms with Gasteiger partial charge in [0.15, 0.2) is 11.5 Å². The smallest absolute Gasteiger partial charge is 0.232 e. The zero-order valence-electron chi connectivity index (χ0n) is 23.1. The maximum Gasteiger partial charge on any atom is 0.232 e. The summed E-state index contributed by atoms with van der Waals surface area (Å²) >= 11 is 0. The number of methoxy groups -OCH3 is 2. The molecule has 39 heavy (non-hydrogen) atoms. The first-order chi connectivity index (χ1) is 18.9. The average molecular weight is 554 g/mol. The van der Waals surface area contributed by atoms with E-state index in [0.29, 0.717) is 35.4 Å². The van der Waals surface area contributed by atoms with Crippen LogP contribution in [0.25, 0.3) is 11.5 Å². The predicted octanol–water partition coefficient (Wildman–Crippen LogP) is 4.38. The minimum Gasteiger partial charge on any atom is -0.493 e. The van der Waals surface area contributed by atoms with E-state index in [4.69, 9.17) is 13.9 Å². The van der Waals surface area contributed by atoms with Gasteiger partial charge in [0, 0.05) is 22.9 Å². The van der Waals surface area contributed by atoms with E-state index in [2.05, 4.69) is 45.5 Å². The molecule has 4 rings (SSSR count). The highest BCUT2D eigenvalue weighted by atomic mass is 32.2.